The van der Waals surface area contributed by atoms with Crippen LogP contribution >= 0.6 is 11.3 Å². The second-order valence-electron chi connectivity index (χ2n) is 7.40. The van der Waals surface area contributed by atoms with Gasteiger partial charge in [-0.3, -0.25) is 18.7 Å². The predicted molar refractivity (Wildman–Crippen MR) is 114 cm³/mol. The third-order valence-electron chi connectivity index (χ3n) is 5.37. The molecule has 2 N–H and O–H groups in total. The molecule has 9 nitrogen and oxygen atoms in total. The highest BCUT2D eigenvalue weighted by molar-refractivity contribution is 7.15. The van der Waals surface area contributed by atoms with Crippen molar-refractivity contribution in [3.8, 4) is 10.7 Å². The highest BCUT2D eigenvalue weighted by Crippen LogP contribution is 2.27. The Bertz CT molecular complexity index is 1190. The van der Waals surface area contributed by atoms with Crippen LogP contribution in [0.15, 0.2) is 16.9 Å². The lowest BCUT2D eigenvalue weighted by atomic mass is 10.1. The van der Waals surface area contributed by atoms with E-state index in [9.17, 15) is 14.4 Å². The van der Waals surface area contributed by atoms with Crippen molar-refractivity contribution >= 4 is 34.3 Å². The lowest BCUT2D eigenvalue weighted by Gasteiger charge is -2.26. The molecule has 1 saturated heterocycles. The van der Waals surface area contributed by atoms with Crippen LogP contribution in [0.3, 0.4) is 0 Å². The van der Waals surface area contributed by atoms with Gasteiger partial charge in [0, 0.05) is 24.5 Å². The Morgan fingerprint density at radius 1 is 1.13 bits per heavy atom. The minimum absolute atomic E-state index is 0.0446. The summed E-state index contributed by atoms with van der Waals surface area (Å²) in [5.74, 6) is -0.569. The first-order valence-electron chi connectivity index (χ1n) is 10.1. The van der Waals surface area contributed by atoms with E-state index in [0.29, 0.717) is 31.1 Å². The second-order valence-corrected chi connectivity index (χ2v) is 8.68. The van der Waals surface area contributed by atoms with Crippen molar-refractivity contribution in [2.45, 2.75) is 46.2 Å². The molecule has 158 valence electrons. The lowest BCUT2D eigenvalue weighted by Crippen LogP contribution is -2.39. The van der Waals surface area contributed by atoms with Gasteiger partial charge >= 0.3 is 5.69 Å². The lowest BCUT2D eigenvalue weighted by molar-refractivity contribution is -0.132. The zero-order valence-electron chi connectivity index (χ0n) is 17.1. The molecule has 0 atom stereocenters. The first-order chi connectivity index (χ1) is 14.4. The average Bonchev–Trinajstić information content (AvgIpc) is 3.29. The standard InChI is InChI=1S/C20H24N6O3S/c1-3-25-19-16(26(20(25)29)11-14(27)24-9-5-4-6-10-24)15(17(21)28)22-18(23-19)13-8-7-12(2)30-13/h7-8H,3-6,9-11H2,1-2H3,(H2,21,28). The van der Waals surface area contributed by atoms with Gasteiger partial charge in [-0.25, -0.2) is 14.8 Å². The number of likely N-dealkylation sites (tertiary alicyclic amines) is 1. The molecule has 1 aliphatic heterocycles. The van der Waals surface area contributed by atoms with Crippen LogP contribution in [0.4, 0.5) is 0 Å². The number of amides is 2. The van der Waals surface area contributed by atoms with E-state index in [2.05, 4.69) is 9.97 Å². The molecule has 4 rings (SSSR count). The number of hydrogen-bond acceptors (Lipinski definition) is 6. The van der Waals surface area contributed by atoms with E-state index in [0.717, 1.165) is 29.0 Å². The number of thiophene rings is 1. The normalized spacial score (nSPS) is 14.4. The highest BCUT2D eigenvalue weighted by atomic mass is 32.1. The number of imidazole rings is 1. The number of hydrogen-bond donors (Lipinski definition) is 1. The van der Waals surface area contributed by atoms with Crippen molar-refractivity contribution in [1.82, 2.24) is 24.0 Å². The number of nitrogens with zero attached hydrogens (tertiary/aromatic N) is 5. The molecule has 0 saturated carbocycles. The van der Waals surface area contributed by atoms with E-state index in [4.69, 9.17) is 5.73 Å². The number of aryl methyl sites for hydroxylation is 2. The number of primary amides is 1. The molecule has 2 amide bonds. The summed E-state index contributed by atoms with van der Waals surface area (Å²) in [6.07, 6.45) is 3.01. The minimum atomic E-state index is -0.760. The first kappa shape index (κ1) is 20.3. The van der Waals surface area contributed by atoms with Crippen molar-refractivity contribution < 1.29 is 9.59 Å². The SMILES string of the molecule is CCn1c(=O)n(CC(=O)N2CCCCC2)c2c(C(N)=O)nc(-c3ccc(C)s3)nc21. The largest absolute Gasteiger partial charge is 0.364 e. The van der Waals surface area contributed by atoms with E-state index < -0.39 is 11.6 Å². The maximum atomic E-state index is 13.1. The van der Waals surface area contributed by atoms with Crippen molar-refractivity contribution in [3.63, 3.8) is 0 Å². The zero-order valence-corrected chi connectivity index (χ0v) is 17.9. The third-order valence-corrected chi connectivity index (χ3v) is 6.36. The highest BCUT2D eigenvalue weighted by Gasteiger charge is 2.26. The number of carbonyl (C=O) groups excluding carboxylic acids is 2. The van der Waals surface area contributed by atoms with E-state index in [1.54, 1.807) is 4.90 Å². The summed E-state index contributed by atoms with van der Waals surface area (Å²) >= 11 is 1.49. The molecule has 0 unspecified atom stereocenters. The summed E-state index contributed by atoms with van der Waals surface area (Å²) in [6, 6.07) is 3.81. The van der Waals surface area contributed by atoms with Crippen LogP contribution in [-0.4, -0.2) is 48.9 Å². The fourth-order valence-corrected chi connectivity index (χ4v) is 4.66. The van der Waals surface area contributed by atoms with Crippen molar-refractivity contribution in [3.05, 3.63) is 33.2 Å². The molecule has 0 aliphatic carbocycles. The Labute approximate surface area is 177 Å². The Morgan fingerprint density at radius 2 is 1.87 bits per heavy atom. The van der Waals surface area contributed by atoms with Crippen LogP contribution < -0.4 is 11.4 Å². The smallest absolute Gasteiger partial charge is 0.330 e. The van der Waals surface area contributed by atoms with E-state index in [1.807, 2.05) is 26.0 Å². The molecular formula is C20H24N6O3S. The molecule has 1 aliphatic rings. The van der Waals surface area contributed by atoms with Crippen LogP contribution in [-0.2, 0) is 17.9 Å². The predicted octanol–water partition coefficient (Wildman–Crippen LogP) is 1.76. The molecule has 30 heavy (non-hydrogen) atoms. The number of rotatable bonds is 5. The summed E-state index contributed by atoms with van der Waals surface area (Å²) in [7, 11) is 0. The van der Waals surface area contributed by atoms with E-state index >= 15 is 0 Å². The molecule has 4 heterocycles. The fourth-order valence-electron chi connectivity index (χ4n) is 3.86. The Balaban J connectivity index is 1.88. The fraction of sp³-hybridized carbons (Fsp3) is 0.450. The molecule has 0 bridgehead atoms. The van der Waals surface area contributed by atoms with Crippen molar-refractivity contribution in [2.24, 2.45) is 5.73 Å². The van der Waals surface area contributed by atoms with Crippen LogP contribution in [0.1, 0.15) is 41.6 Å². The van der Waals surface area contributed by atoms with Gasteiger partial charge in [-0.05, 0) is 45.2 Å². The summed E-state index contributed by atoms with van der Waals surface area (Å²) in [4.78, 5) is 50.8. The summed E-state index contributed by atoms with van der Waals surface area (Å²) < 4.78 is 2.75. The average molecular weight is 429 g/mol. The first-order valence-corrected chi connectivity index (χ1v) is 10.9. The maximum absolute atomic E-state index is 13.1. The van der Waals surface area contributed by atoms with E-state index in [1.165, 1.54) is 20.5 Å². The molecule has 3 aromatic rings. The van der Waals surface area contributed by atoms with Crippen LogP contribution in [0.25, 0.3) is 21.9 Å². The molecule has 0 spiro atoms. The van der Waals surface area contributed by atoms with Gasteiger partial charge in [0.25, 0.3) is 5.91 Å². The maximum Gasteiger partial charge on any atom is 0.330 e. The number of fused-ring (bicyclic) bond motifs is 1. The number of nitrogens with two attached hydrogens (primary N) is 1. The van der Waals surface area contributed by atoms with Crippen LogP contribution in [0, 0.1) is 6.92 Å². The minimum Gasteiger partial charge on any atom is -0.364 e. The molecular weight excluding hydrogens is 404 g/mol. The molecule has 0 radical (unpaired) electrons. The Morgan fingerprint density at radius 3 is 2.47 bits per heavy atom. The van der Waals surface area contributed by atoms with Crippen LogP contribution in [0.5, 0.6) is 0 Å². The topological polar surface area (TPSA) is 116 Å². The Hall–Kier alpha value is -3.01. The van der Waals surface area contributed by atoms with Gasteiger partial charge < -0.3 is 10.6 Å². The molecule has 10 heteroatoms. The van der Waals surface area contributed by atoms with Gasteiger partial charge in [-0.1, -0.05) is 0 Å². The van der Waals surface area contributed by atoms with Gasteiger partial charge in [0.05, 0.1) is 4.88 Å². The van der Waals surface area contributed by atoms with Crippen molar-refractivity contribution in [2.75, 3.05) is 13.1 Å². The van der Waals surface area contributed by atoms with E-state index in [-0.39, 0.29) is 23.7 Å². The second kappa shape index (κ2) is 8.02. The number of aromatic nitrogens is 4. The molecule has 1 fully saturated rings. The van der Waals surface area contributed by atoms with Gasteiger partial charge in [-0.2, -0.15) is 0 Å². The third kappa shape index (κ3) is 3.51. The van der Waals surface area contributed by atoms with Gasteiger partial charge in [0.1, 0.15) is 12.1 Å². The number of piperidine rings is 1. The van der Waals surface area contributed by atoms with Gasteiger partial charge in [0.15, 0.2) is 17.2 Å². The van der Waals surface area contributed by atoms with Gasteiger partial charge in [0.2, 0.25) is 5.91 Å². The quantitative estimate of drug-likeness (QED) is 0.665. The van der Waals surface area contributed by atoms with Crippen molar-refractivity contribution in [1.29, 1.82) is 0 Å². The van der Waals surface area contributed by atoms with Crippen LogP contribution in [0.2, 0.25) is 0 Å². The monoisotopic (exact) mass is 428 g/mol. The zero-order chi connectivity index (χ0) is 21.4. The summed E-state index contributed by atoms with van der Waals surface area (Å²) in [5, 5.41) is 0. The molecule has 0 aromatic carbocycles. The number of carbonyl (C=O) groups is 2. The van der Waals surface area contributed by atoms with Gasteiger partial charge in [-0.15, -0.1) is 11.3 Å². The Kier molecular flexibility index (Phi) is 5.42. The molecule has 3 aromatic heterocycles. The summed E-state index contributed by atoms with van der Waals surface area (Å²) in [6.45, 7) is 5.33. The summed E-state index contributed by atoms with van der Waals surface area (Å²) in [5.41, 5.74) is 5.73.